The van der Waals surface area contributed by atoms with Crippen molar-refractivity contribution in [1.82, 2.24) is 14.7 Å². The van der Waals surface area contributed by atoms with E-state index < -0.39 is 0 Å². The molecular formula is C17H21ClN4O. The van der Waals surface area contributed by atoms with Gasteiger partial charge in [-0.3, -0.25) is 4.79 Å². The largest absolute Gasteiger partial charge is 0.334 e. The molecule has 1 aliphatic heterocycles. The van der Waals surface area contributed by atoms with Crippen LogP contribution in [0.5, 0.6) is 0 Å². The molecule has 0 N–H and O–H groups in total. The van der Waals surface area contributed by atoms with Crippen molar-refractivity contribution < 1.29 is 0 Å². The van der Waals surface area contributed by atoms with Gasteiger partial charge in [0.1, 0.15) is 5.02 Å². The summed E-state index contributed by atoms with van der Waals surface area (Å²) < 4.78 is 1.27. The van der Waals surface area contributed by atoms with E-state index in [1.807, 2.05) is 30.3 Å². The molecule has 0 amide bonds. The zero-order valence-corrected chi connectivity index (χ0v) is 14.2. The van der Waals surface area contributed by atoms with Crippen molar-refractivity contribution >= 4 is 23.0 Å². The van der Waals surface area contributed by atoms with E-state index in [1.165, 1.54) is 4.68 Å². The Morgan fingerprint density at radius 1 is 1.26 bits per heavy atom. The van der Waals surface area contributed by atoms with Crippen LogP contribution in [0.3, 0.4) is 0 Å². The lowest BCUT2D eigenvalue weighted by Gasteiger charge is -2.39. The van der Waals surface area contributed by atoms with Gasteiger partial charge in [0.25, 0.3) is 5.56 Å². The normalized spacial score (nSPS) is 18.8. The highest BCUT2D eigenvalue weighted by molar-refractivity contribution is 6.33. The number of para-hydroxylation sites is 1. The zero-order valence-electron chi connectivity index (χ0n) is 13.4. The number of aryl methyl sites for hydroxylation is 1. The number of aromatic nitrogens is 2. The fourth-order valence-corrected chi connectivity index (χ4v) is 3.42. The van der Waals surface area contributed by atoms with Crippen LogP contribution in [0.25, 0.3) is 0 Å². The van der Waals surface area contributed by atoms with E-state index in [0.29, 0.717) is 5.69 Å². The number of likely N-dealkylation sites (N-methyl/N-ethyl adjacent to an activating group) is 1. The van der Waals surface area contributed by atoms with E-state index in [-0.39, 0.29) is 16.6 Å². The molecule has 122 valence electrons. The Balaban J connectivity index is 2.09. The molecule has 3 rings (SSSR count). The summed E-state index contributed by atoms with van der Waals surface area (Å²) in [5, 5.41) is 4.39. The minimum Gasteiger partial charge on any atom is -0.334 e. The van der Waals surface area contributed by atoms with Crippen LogP contribution in [-0.4, -0.2) is 40.9 Å². The number of likely N-dealkylation sites (tertiary alicyclic amines) is 1. The van der Waals surface area contributed by atoms with Crippen LogP contribution in [0.1, 0.15) is 12.8 Å². The highest BCUT2D eigenvalue weighted by atomic mass is 35.5. The zero-order chi connectivity index (χ0) is 16.4. The molecule has 6 heteroatoms. The Morgan fingerprint density at radius 3 is 2.70 bits per heavy atom. The standard InChI is InChI=1S/C17H21ClN4O/c1-20-10-6-9-14(12-20)22(13-7-4-3-5-8-13)15-11-19-21(2)17(23)16(15)18/h3-5,7-8,11,14H,6,9-10,12H2,1-2H3/t14-/m1/s1. The van der Waals surface area contributed by atoms with E-state index in [9.17, 15) is 4.79 Å². The maximum Gasteiger partial charge on any atom is 0.287 e. The van der Waals surface area contributed by atoms with Gasteiger partial charge in [0.05, 0.1) is 11.9 Å². The van der Waals surface area contributed by atoms with Gasteiger partial charge in [-0.2, -0.15) is 5.10 Å². The molecule has 0 radical (unpaired) electrons. The van der Waals surface area contributed by atoms with Crippen LogP contribution in [0.2, 0.25) is 5.02 Å². The summed E-state index contributed by atoms with van der Waals surface area (Å²) in [6.07, 6.45) is 3.87. The molecule has 0 spiro atoms. The summed E-state index contributed by atoms with van der Waals surface area (Å²) in [4.78, 5) is 16.7. The molecule has 1 saturated heterocycles. The lowest BCUT2D eigenvalue weighted by molar-refractivity contribution is 0.251. The number of nitrogens with zero attached hydrogens (tertiary/aromatic N) is 4. The molecule has 2 heterocycles. The molecule has 2 aromatic rings. The van der Waals surface area contributed by atoms with Crippen LogP contribution >= 0.6 is 11.6 Å². The summed E-state index contributed by atoms with van der Waals surface area (Å²) in [5.74, 6) is 0. The van der Waals surface area contributed by atoms with Gasteiger partial charge in [0.15, 0.2) is 0 Å². The second kappa shape index (κ2) is 6.72. The smallest absolute Gasteiger partial charge is 0.287 e. The molecule has 0 unspecified atom stereocenters. The minimum atomic E-state index is -0.269. The van der Waals surface area contributed by atoms with Crippen molar-refractivity contribution in [2.75, 3.05) is 25.0 Å². The second-order valence-electron chi connectivity index (χ2n) is 6.04. The van der Waals surface area contributed by atoms with Crippen molar-refractivity contribution in [3.63, 3.8) is 0 Å². The van der Waals surface area contributed by atoms with E-state index in [4.69, 9.17) is 11.6 Å². The van der Waals surface area contributed by atoms with Crippen LogP contribution in [0, 0.1) is 0 Å². The van der Waals surface area contributed by atoms with Gasteiger partial charge in [-0.25, -0.2) is 4.68 Å². The maximum absolute atomic E-state index is 12.2. The third kappa shape index (κ3) is 3.26. The van der Waals surface area contributed by atoms with Crippen LogP contribution < -0.4 is 10.5 Å². The molecule has 0 aliphatic carbocycles. The van der Waals surface area contributed by atoms with Crippen molar-refractivity contribution in [2.45, 2.75) is 18.9 Å². The van der Waals surface area contributed by atoms with Crippen molar-refractivity contribution in [1.29, 1.82) is 0 Å². The van der Waals surface area contributed by atoms with Gasteiger partial charge in [0.2, 0.25) is 0 Å². The van der Waals surface area contributed by atoms with Gasteiger partial charge >= 0.3 is 0 Å². The summed E-state index contributed by atoms with van der Waals surface area (Å²) in [7, 11) is 3.73. The molecule has 0 saturated carbocycles. The first-order chi connectivity index (χ1) is 11.1. The number of hydrogen-bond donors (Lipinski definition) is 0. The predicted molar refractivity (Wildman–Crippen MR) is 93.6 cm³/mol. The number of rotatable bonds is 3. The summed E-state index contributed by atoms with van der Waals surface area (Å²) in [6.45, 7) is 2.03. The number of benzene rings is 1. The van der Waals surface area contributed by atoms with Crippen LogP contribution in [0.4, 0.5) is 11.4 Å². The average Bonchev–Trinajstić information content (AvgIpc) is 2.56. The Kier molecular flexibility index (Phi) is 4.68. The predicted octanol–water partition coefficient (Wildman–Crippen LogP) is 2.67. The van der Waals surface area contributed by atoms with Gasteiger partial charge in [-0.15, -0.1) is 0 Å². The number of hydrogen-bond acceptors (Lipinski definition) is 4. The van der Waals surface area contributed by atoms with Crippen LogP contribution in [-0.2, 0) is 7.05 Å². The quantitative estimate of drug-likeness (QED) is 0.866. The van der Waals surface area contributed by atoms with E-state index >= 15 is 0 Å². The van der Waals surface area contributed by atoms with Gasteiger partial charge in [-0.05, 0) is 38.6 Å². The van der Waals surface area contributed by atoms with Crippen molar-refractivity contribution in [3.8, 4) is 0 Å². The van der Waals surface area contributed by atoms with E-state index in [1.54, 1.807) is 13.2 Å². The first-order valence-electron chi connectivity index (χ1n) is 7.82. The SMILES string of the molecule is CN1CCC[C@@H](N(c2ccccc2)c2cnn(C)c(=O)c2Cl)C1. The van der Waals surface area contributed by atoms with Crippen molar-refractivity contribution in [2.24, 2.45) is 7.05 Å². The molecule has 1 atom stereocenters. The molecular weight excluding hydrogens is 312 g/mol. The fourth-order valence-electron chi connectivity index (χ4n) is 3.16. The highest BCUT2D eigenvalue weighted by Gasteiger charge is 2.27. The van der Waals surface area contributed by atoms with E-state index in [0.717, 1.165) is 31.6 Å². The molecule has 0 bridgehead atoms. The fraction of sp³-hybridized carbons (Fsp3) is 0.412. The molecule has 23 heavy (non-hydrogen) atoms. The Labute approximate surface area is 141 Å². The summed E-state index contributed by atoms with van der Waals surface area (Å²) in [5.41, 5.74) is 1.44. The number of piperidine rings is 1. The lowest BCUT2D eigenvalue weighted by Crippen LogP contribution is -2.45. The third-order valence-electron chi connectivity index (χ3n) is 4.32. The summed E-state index contributed by atoms with van der Waals surface area (Å²) in [6, 6.07) is 10.3. The third-order valence-corrected chi connectivity index (χ3v) is 4.67. The Morgan fingerprint density at radius 2 is 2.00 bits per heavy atom. The summed E-state index contributed by atoms with van der Waals surface area (Å²) >= 11 is 6.37. The molecule has 1 aromatic heterocycles. The minimum absolute atomic E-state index is 0.222. The Hall–Kier alpha value is -1.85. The number of halogens is 1. The van der Waals surface area contributed by atoms with Gasteiger partial charge in [0, 0.05) is 25.3 Å². The van der Waals surface area contributed by atoms with Gasteiger partial charge < -0.3 is 9.80 Å². The lowest BCUT2D eigenvalue weighted by atomic mass is 10.0. The first kappa shape index (κ1) is 16.0. The average molecular weight is 333 g/mol. The molecule has 1 aromatic carbocycles. The molecule has 1 aliphatic rings. The number of anilines is 2. The van der Waals surface area contributed by atoms with E-state index in [2.05, 4.69) is 21.9 Å². The van der Waals surface area contributed by atoms with Gasteiger partial charge in [-0.1, -0.05) is 29.8 Å². The maximum atomic E-state index is 12.2. The monoisotopic (exact) mass is 332 g/mol. The first-order valence-corrected chi connectivity index (χ1v) is 8.20. The second-order valence-corrected chi connectivity index (χ2v) is 6.41. The molecule has 1 fully saturated rings. The Bertz CT molecular complexity index is 731. The highest BCUT2D eigenvalue weighted by Crippen LogP contribution is 2.33. The topological polar surface area (TPSA) is 41.4 Å². The van der Waals surface area contributed by atoms with Crippen LogP contribution in [0.15, 0.2) is 41.3 Å². The van der Waals surface area contributed by atoms with Crippen molar-refractivity contribution in [3.05, 3.63) is 51.9 Å². The molecule has 5 nitrogen and oxygen atoms in total.